The van der Waals surface area contributed by atoms with Crippen molar-refractivity contribution >= 4 is 0 Å². The molecule has 2 nitrogen and oxygen atoms in total. The quantitative estimate of drug-likeness (QED) is 0.691. The number of methoxy groups -OCH3 is 1. The second-order valence-corrected chi connectivity index (χ2v) is 5.78. The maximum atomic E-state index is 5.14. The first kappa shape index (κ1) is 14.0. The smallest absolute Gasteiger partial charge is 0.0589 e. The number of hydrogen-bond donors (Lipinski definition) is 0. The third-order valence-corrected chi connectivity index (χ3v) is 3.89. The van der Waals surface area contributed by atoms with Crippen LogP contribution in [0.25, 0.3) is 0 Å². The van der Waals surface area contributed by atoms with E-state index in [0.717, 1.165) is 31.0 Å². The molecule has 0 spiro atoms. The Bertz CT molecular complexity index is 174. The first-order valence-corrected chi connectivity index (χ1v) is 6.82. The van der Waals surface area contributed by atoms with E-state index in [-0.39, 0.29) is 0 Å². The van der Waals surface area contributed by atoms with E-state index in [4.69, 9.17) is 4.74 Å². The molecule has 0 radical (unpaired) electrons. The largest absolute Gasteiger partial charge is 0.383 e. The van der Waals surface area contributed by atoms with Gasteiger partial charge in [0.25, 0.3) is 0 Å². The fourth-order valence-corrected chi connectivity index (χ4v) is 2.91. The number of nitrogens with zero attached hydrogens (tertiary/aromatic N) is 1. The third kappa shape index (κ3) is 4.84. The number of hydrogen-bond acceptors (Lipinski definition) is 2. The molecule has 0 aromatic carbocycles. The van der Waals surface area contributed by atoms with Gasteiger partial charge in [-0.3, -0.25) is 0 Å². The van der Waals surface area contributed by atoms with E-state index in [0.29, 0.717) is 0 Å². The minimum Gasteiger partial charge on any atom is -0.383 e. The number of rotatable bonds is 6. The van der Waals surface area contributed by atoms with Gasteiger partial charge in [-0.2, -0.15) is 0 Å². The molecule has 1 aliphatic carbocycles. The molecule has 0 aliphatic heterocycles. The Kier molecular flexibility index (Phi) is 6.37. The van der Waals surface area contributed by atoms with Crippen molar-refractivity contribution in [1.29, 1.82) is 0 Å². The summed E-state index contributed by atoms with van der Waals surface area (Å²) in [4.78, 5) is 2.48. The summed E-state index contributed by atoms with van der Waals surface area (Å²) in [5.41, 5.74) is 0. The Hall–Kier alpha value is -0.0800. The fraction of sp³-hybridized carbons (Fsp3) is 1.00. The molecule has 96 valence electrons. The average Bonchev–Trinajstić information content (AvgIpc) is 2.26. The normalized spacial score (nSPS) is 26.6. The van der Waals surface area contributed by atoms with Crippen LogP contribution in [0.5, 0.6) is 0 Å². The van der Waals surface area contributed by atoms with Crippen molar-refractivity contribution in [1.82, 2.24) is 4.90 Å². The van der Waals surface area contributed by atoms with Gasteiger partial charge in [-0.05, 0) is 51.0 Å². The molecule has 0 aromatic heterocycles. The zero-order chi connectivity index (χ0) is 12.0. The Morgan fingerprint density at radius 3 is 2.31 bits per heavy atom. The molecule has 0 saturated heterocycles. The summed E-state index contributed by atoms with van der Waals surface area (Å²) in [6.45, 7) is 6.63. The molecule has 16 heavy (non-hydrogen) atoms. The highest BCUT2D eigenvalue weighted by Crippen LogP contribution is 2.31. The lowest BCUT2D eigenvalue weighted by atomic mass is 9.81. The van der Waals surface area contributed by atoms with Crippen molar-refractivity contribution in [3.63, 3.8) is 0 Å². The summed E-state index contributed by atoms with van der Waals surface area (Å²) < 4.78 is 5.14. The summed E-state index contributed by atoms with van der Waals surface area (Å²) in [5, 5.41) is 0. The molecule has 0 aromatic rings. The van der Waals surface area contributed by atoms with E-state index in [1.165, 1.54) is 32.1 Å². The van der Waals surface area contributed by atoms with E-state index >= 15 is 0 Å². The van der Waals surface area contributed by atoms with Gasteiger partial charge in [0.15, 0.2) is 0 Å². The van der Waals surface area contributed by atoms with Gasteiger partial charge in [-0.25, -0.2) is 0 Å². The minimum absolute atomic E-state index is 0.804. The lowest BCUT2D eigenvalue weighted by Crippen LogP contribution is -2.37. The molecule has 0 heterocycles. The van der Waals surface area contributed by atoms with Crippen LogP contribution >= 0.6 is 0 Å². The van der Waals surface area contributed by atoms with Crippen LogP contribution in [0, 0.1) is 11.8 Å². The van der Waals surface area contributed by atoms with E-state index < -0.39 is 0 Å². The molecule has 0 bridgehead atoms. The summed E-state index contributed by atoms with van der Waals surface area (Å²) in [5.74, 6) is 1.86. The van der Waals surface area contributed by atoms with Gasteiger partial charge in [0, 0.05) is 19.7 Å². The van der Waals surface area contributed by atoms with E-state index in [9.17, 15) is 0 Å². The lowest BCUT2D eigenvalue weighted by molar-refractivity contribution is 0.110. The molecule has 0 amide bonds. The Labute approximate surface area is 101 Å². The van der Waals surface area contributed by atoms with Gasteiger partial charge in [-0.15, -0.1) is 0 Å². The van der Waals surface area contributed by atoms with Gasteiger partial charge < -0.3 is 9.64 Å². The van der Waals surface area contributed by atoms with Crippen LogP contribution in [0.4, 0.5) is 0 Å². The topological polar surface area (TPSA) is 12.5 Å². The van der Waals surface area contributed by atoms with Crippen LogP contribution in [-0.2, 0) is 4.74 Å². The predicted molar refractivity (Wildman–Crippen MR) is 69.7 cm³/mol. The maximum Gasteiger partial charge on any atom is 0.0589 e. The molecule has 1 rings (SSSR count). The van der Waals surface area contributed by atoms with E-state index in [1.807, 2.05) is 0 Å². The van der Waals surface area contributed by atoms with Crippen LogP contribution < -0.4 is 0 Å². The van der Waals surface area contributed by atoms with Gasteiger partial charge in [0.1, 0.15) is 0 Å². The molecular formula is C14H29NO. The van der Waals surface area contributed by atoms with Gasteiger partial charge in [0.05, 0.1) is 6.61 Å². The van der Waals surface area contributed by atoms with Crippen LogP contribution in [0.2, 0.25) is 0 Å². The van der Waals surface area contributed by atoms with Gasteiger partial charge in [-0.1, -0.05) is 13.8 Å². The highest BCUT2D eigenvalue weighted by atomic mass is 16.5. The average molecular weight is 227 g/mol. The van der Waals surface area contributed by atoms with E-state index in [2.05, 4.69) is 25.8 Å². The second kappa shape index (κ2) is 7.29. The Balaban J connectivity index is 2.20. The van der Waals surface area contributed by atoms with Crippen LogP contribution in [-0.4, -0.2) is 38.3 Å². The summed E-state index contributed by atoms with van der Waals surface area (Å²) in [7, 11) is 4.03. The predicted octanol–water partition coefficient (Wildman–Crippen LogP) is 3.17. The van der Waals surface area contributed by atoms with Crippen molar-refractivity contribution in [3.8, 4) is 0 Å². The highest BCUT2D eigenvalue weighted by molar-refractivity contribution is 4.78. The molecule has 1 aliphatic rings. The van der Waals surface area contributed by atoms with Crippen molar-refractivity contribution in [2.75, 3.05) is 27.3 Å². The maximum absolute atomic E-state index is 5.14. The zero-order valence-corrected chi connectivity index (χ0v) is 11.5. The number of likely N-dealkylation sites (N-methyl/N-ethyl adjacent to an activating group) is 1. The molecule has 0 unspecified atom stereocenters. The third-order valence-electron chi connectivity index (χ3n) is 3.89. The Morgan fingerprint density at radius 1 is 1.19 bits per heavy atom. The zero-order valence-electron chi connectivity index (χ0n) is 11.5. The highest BCUT2D eigenvalue weighted by Gasteiger charge is 2.23. The molecule has 1 fully saturated rings. The first-order chi connectivity index (χ1) is 7.63. The van der Waals surface area contributed by atoms with E-state index in [1.54, 1.807) is 7.11 Å². The molecule has 1 saturated carbocycles. The lowest BCUT2D eigenvalue weighted by Gasteiger charge is -2.35. The van der Waals surface area contributed by atoms with Crippen LogP contribution in [0.1, 0.15) is 46.0 Å². The van der Waals surface area contributed by atoms with Crippen molar-refractivity contribution in [2.45, 2.75) is 52.0 Å². The van der Waals surface area contributed by atoms with Crippen molar-refractivity contribution < 1.29 is 4.74 Å². The molecule has 2 heteroatoms. The van der Waals surface area contributed by atoms with Crippen LogP contribution in [0.15, 0.2) is 0 Å². The summed E-state index contributed by atoms with van der Waals surface area (Å²) in [6, 6.07) is 0.804. The monoisotopic (exact) mass is 227 g/mol. The van der Waals surface area contributed by atoms with Gasteiger partial charge in [0.2, 0.25) is 0 Å². The second-order valence-electron chi connectivity index (χ2n) is 5.78. The summed E-state index contributed by atoms with van der Waals surface area (Å²) >= 11 is 0. The minimum atomic E-state index is 0.804. The molecule has 0 atom stereocenters. The Morgan fingerprint density at radius 2 is 1.81 bits per heavy atom. The standard InChI is InChI=1S/C14H29NO/c1-12(2)11-13-5-7-14(8-6-13)15(3)9-10-16-4/h12-14H,5-11H2,1-4H3/t13-,14+. The van der Waals surface area contributed by atoms with Crippen molar-refractivity contribution in [2.24, 2.45) is 11.8 Å². The number of ether oxygens (including phenoxy) is 1. The SMILES string of the molecule is COCCN(C)[C@H]1CC[C@@H](CC(C)C)CC1. The molecule has 0 N–H and O–H groups in total. The van der Waals surface area contributed by atoms with Gasteiger partial charge >= 0.3 is 0 Å². The van der Waals surface area contributed by atoms with Crippen molar-refractivity contribution in [3.05, 3.63) is 0 Å². The fourth-order valence-electron chi connectivity index (χ4n) is 2.91. The first-order valence-electron chi connectivity index (χ1n) is 6.82. The summed E-state index contributed by atoms with van der Waals surface area (Å²) in [6.07, 6.45) is 7.06. The molecular weight excluding hydrogens is 198 g/mol. The van der Waals surface area contributed by atoms with Crippen LogP contribution in [0.3, 0.4) is 0 Å².